The van der Waals surface area contributed by atoms with Crippen molar-refractivity contribution in [3.05, 3.63) is 63.2 Å². The molecular weight excluding hydrogens is 416 g/mol. The summed E-state index contributed by atoms with van der Waals surface area (Å²) in [5.41, 5.74) is 0.508. The van der Waals surface area contributed by atoms with Gasteiger partial charge >= 0.3 is 11.9 Å². The molecule has 0 unspecified atom stereocenters. The van der Waals surface area contributed by atoms with Crippen LogP contribution in [-0.2, 0) is 27.4 Å². The van der Waals surface area contributed by atoms with E-state index in [2.05, 4.69) is 9.72 Å². The lowest BCUT2D eigenvalue weighted by Gasteiger charge is -2.06. The molecule has 0 aliphatic carbocycles. The molecule has 29 heavy (non-hydrogen) atoms. The highest BCUT2D eigenvalue weighted by atomic mass is 32.1. The molecule has 0 saturated carbocycles. The molecule has 0 bridgehead atoms. The zero-order valence-electron chi connectivity index (χ0n) is 15.1. The van der Waals surface area contributed by atoms with Gasteiger partial charge < -0.3 is 13.9 Å². The van der Waals surface area contributed by atoms with Crippen molar-refractivity contribution in [2.75, 3.05) is 7.11 Å². The minimum atomic E-state index is -0.628. The van der Waals surface area contributed by atoms with Crippen molar-refractivity contribution < 1.29 is 23.5 Å². The van der Waals surface area contributed by atoms with Crippen LogP contribution >= 0.6 is 22.7 Å². The van der Waals surface area contributed by atoms with E-state index in [4.69, 9.17) is 9.15 Å². The molecule has 4 heterocycles. The summed E-state index contributed by atoms with van der Waals surface area (Å²) in [6.07, 6.45) is 1.34. The number of rotatable bonds is 6. The van der Waals surface area contributed by atoms with Crippen LogP contribution in [0, 0.1) is 0 Å². The molecule has 0 atom stereocenters. The highest BCUT2D eigenvalue weighted by molar-refractivity contribution is 7.18. The van der Waals surface area contributed by atoms with Gasteiger partial charge in [-0.3, -0.25) is 14.2 Å². The van der Waals surface area contributed by atoms with E-state index >= 15 is 0 Å². The van der Waals surface area contributed by atoms with Gasteiger partial charge in [0.25, 0.3) is 5.56 Å². The zero-order chi connectivity index (χ0) is 20.4. The van der Waals surface area contributed by atoms with Crippen LogP contribution in [-0.4, -0.2) is 28.6 Å². The minimum Gasteiger partial charge on any atom is -0.463 e. The topological polar surface area (TPSA) is 101 Å². The van der Waals surface area contributed by atoms with Gasteiger partial charge in [0.05, 0.1) is 18.8 Å². The normalized spacial score (nSPS) is 10.9. The van der Waals surface area contributed by atoms with E-state index in [1.165, 1.54) is 52.8 Å². The average Bonchev–Trinajstić information content (AvgIpc) is 3.47. The van der Waals surface area contributed by atoms with Gasteiger partial charge in [0, 0.05) is 15.8 Å². The van der Waals surface area contributed by atoms with Crippen molar-refractivity contribution in [2.24, 2.45) is 0 Å². The van der Waals surface area contributed by atoms with Gasteiger partial charge in [0.2, 0.25) is 5.76 Å². The van der Waals surface area contributed by atoms with E-state index in [0.717, 1.165) is 10.4 Å². The summed E-state index contributed by atoms with van der Waals surface area (Å²) in [7, 11) is 1.24. The first-order chi connectivity index (χ1) is 14.1. The Balaban J connectivity index is 1.49. The van der Waals surface area contributed by atoms with Gasteiger partial charge in [-0.15, -0.1) is 22.7 Å². The zero-order valence-corrected chi connectivity index (χ0v) is 16.7. The number of furan rings is 1. The third-order valence-electron chi connectivity index (χ3n) is 4.07. The maximum absolute atomic E-state index is 12.9. The van der Waals surface area contributed by atoms with E-state index in [1.807, 2.05) is 22.9 Å². The fourth-order valence-electron chi connectivity index (χ4n) is 2.70. The predicted octanol–water partition coefficient (Wildman–Crippen LogP) is 3.31. The van der Waals surface area contributed by atoms with E-state index < -0.39 is 11.9 Å². The molecular formula is C19H14N2O6S2. The molecule has 0 N–H and O–H groups in total. The number of methoxy groups -OCH3 is 1. The lowest BCUT2D eigenvalue weighted by Crippen LogP contribution is -2.25. The SMILES string of the molecule is COC(=O)c1ccc(COC(=O)Cn2cnc3scc(-c4cccs4)c3c2=O)o1. The number of hydrogen-bond acceptors (Lipinski definition) is 9. The fraction of sp³-hybridized carbons (Fsp3) is 0.158. The standard InChI is InChI=1S/C19H14N2O6S2/c1-25-19(24)13-5-4-11(27-13)8-26-15(22)7-21-10-20-17-16(18(21)23)12(9-29-17)14-3-2-6-28-14/h2-6,9-10H,7-8H2,1H3. The Morgan fingerprint density at radius 2 is 2.10 bits per heavy atom. The Kier molecular flexibility index (Phi) is 5.28. The van der Waals surface area contributed by atoms with Crippen molar-refractivity contribution in [2.45, 2.75) is 13.2 Å². The van der Waals surface area contributed by atoms with Gasteiger partial charge in [-0.05, 0) is 23.6 Å². The second kappa shape index (κ2) is 8.02. The van der Waals surface area contributed by atoms with E-state index in [9.17, 15) is 14.4 Å². The minimum absolute atomic E-state index is 0.0167. The third-order valence-corrected chi connectivity index (χ3v) is 5.86. The second-order valence-corrected chi connectivity index (χ2v) is 7.71. The number of carbonyl (C=O) groups is 2. The smallest absolute Gasteiger partial charge is 0.373 e. The number of thiophene rings is 2. The molecule has 148 valence electrons. The molecule has 0 radical (unpaired) electrons. The number of aromatic nitrogens is 2. The second-order valence-electron chi connectivity index (χ2n) is 5.90. The number of carbonyl (C=O) groups excluding carboxylic acids is 2. The summed E-state index contributed by atoms with van der Waals surface area (Å²) in [5.74, 6) is -0.941. The van der Waals surface area contributed by atoms with Crippen molar-refractivity contribution in [3.63, 3.8) is 0 Å². The first-order valence-electron chi connectivity index (χ1n) is 8.40. The molecule has 4 aromatic rings. The monoisotopic (exact) mass is 430 g/mol. The molecule has 0 amide bonds. The van der Waals surface area contributed by atoms with Crippen molar-refractivity contribution in [1.29, 1.82) is 0 Å². The summed E-state index contributed by atoms with van der Waals surface area (Å²) < 4.78 is 16.1. The van der Waals surface area contributed by atoms with Gasteiger partial charge in [-0.1, -0.05) is 6.07 Å². The average molecular weight is 430 g/mol. The third kappa shape index (κ3) is 3.84. The molecule has 0 spiro atoms. The quantitative estimate of drug-likeness (QED) is 0.433. The summed E-state index contributed by atoms with van der Waals surface area (Å²) in [6, 6.07) is 6.79. The Labute approximate surface area is 171 Å². The van der Waals surface area contributed by atoms with E-state index in [1.54, 1.807) is 0 Å². The Hall–Kier alpha value is -3.24. The summed E-state index contributed by atoms with van der Waals surface area (Å²) in [6.45, 7) is -0.453. The highest BCUT2D eigenvalue weighted by Crippen LogP contribution is 2.33. The van der Waals surface area contributed by atoms with E-state index in [0.29, 0.717) is 10.2 Å². The number of hydrogen-bond donors (Lipinski definition) is 0. The predicted molar refractivity (Wildman–Crippen MR) is 107 cm³/mol. The summed E-state index contributed by atoms with van der Waals surface area (Å²) in [5, 5.41) is 4.32. The molecule has 4 aromatic heterocycles. The van der Waals surface area contributed by atoms with Gasteiger partial charge in [-0.25, -0.2) is 9.78 Å². The maximum atomic E-state index is 12.9. The molecule has 0 aliphatic heterocycles. The van der Waals surface area contributed by atoms with Crippen LogP contribution in [0.25, 0.3) is 20.7 Å². The maximum Gasteiger partial charge on any atom is 0.373 e. The largest absolute Gasteiger partial charge is 0.463 e. The fourth-order valence-corrected chi connectivity index (χ4v) is 4.42. The molecule has 0 aliphatic rings. The van der Waals surface area contributed by atoms with Crippen molar-refractivity contribution >= 4 is 44.8 Å². The lowest BCUT2D eigenvalue weighted by molar-refractivity contribution is -0.146. The molecule has 8 nitrogen and oxygen atoms in total. The van der Waals surface area contributed by atoms with Gasteiger partial charge in [-0.2, -0.15) is 0 Å². The molecule has 4 rings (SSSR count). The van der Waals surface area contributed by atoms with Crippen LogP contribution < -0.4 is 5.56 Å². The Morgan fingerprint density at radius 1 is 1.24 bits per heavy atom. The van der Waals surface area contributed by atoms with Crippen molar-refractivity contribution in [3.8, 4) is 10.4 Å². The van der Waals surface area contributed by atoms with Gasteiger partial charge in [0.15, 0.2) is 0 Å². The van der Waals surface area contributed by atoms with Crippen LogP contribution in [0.5, 0.6) is 0 Å². The Bertz CT molecular complexity index is 1240. The summed E-state index contributed by atoms with van der Waals surface area (Å²) >= 11 is 2.91. The number of nitrogens with zero attached hydrogens (tertiary/aromatic N) is 2. The number of esters is 2. The highest BCUT2D eigenvalue weighted by Gasteiger charge is 2.16. The molecule has 0 aromatic carbocycles. The first kappa shape index (κ1) is 19.1. The number of fused-ring (bicyclic) bond motifs is 1. The summed E-state index contributed by atoms with van der Waals surface area (Å²) in [4.78, 5) is 42.3. The number of ether oxygens (including phenoxy) is 2. The lowest BCUT2D eigenvalue weighted by atomic mass is 10.2. The van der Waals surface area contributed by atoms with Gasteiger partial charge in [0.1, 0.15) is 23.7 Å². The van der Waals surface area contributed by atoms with Crippen LogP contribution in [0.3, 0.4) is 0 Å². The molecule has 0 fully saturated rings. The molecule has 0 saturated heterocycles. The van der Waals surface area contributed by atoms with Crippen molar-refractivity contribution in [1.82, 2.24) is 9.55 Å². The van der Waals surface area contributed by atoms with Crippen LogP contribution in [0.15, 0.2) is 50.6 Å². The first-order valence-corrected chi connectivity index (χ1v) is 10.2. The van der Waals surface area contributed by atoms with Crippen LogP contribution in [0.2, 0.25) is 0 Å². The molecule has 10 heteroatoms. The van der Waals surface area contributed by atoms with Crippen LogP contribution in [0.1, 0.15) is 16.3 Å². The van der Waals surface area contributed by atoms with E-state index in [-0.39, 0.29) is 30.2 Å². The van der Waals surface area contributed by atoms with Crippen LogP contribution in [0.4, 0.5) is 0 Å². The Morgan fingerprint density at radius 3 is 2.86 bits per heavy atom.